The number of sulfonamides is 1. The molecule has 3 rings (SSSR count). The average molecular weight is 429 g/mol. The van der Waals surface area contributed by atoms with E-state index in [1.807, 2.05) is 48.9 Å². The monoisotopic (exact) mass is 428 g/mol. The Morgan fingerprint density at radius 3 is 2.40 bits per heavy atom. The summed E-state index contributed by atoms with van der Waals surface area (Å²) in [7, 11) is -2.51. The summed E-state index contributed by atoms with van der Waals surface area (Å²) in [4.78, 5) is 12.4. The molecule has 0 saturated heterocycles. The third-order valence-corrected chi connectivity index (χ3v) is 5.54. The number of rotatable bonds is 7. The Balaban J connectivity index is 1.65. The minimum atomic E-state index is -3.92. The van der Waals surface area contributed by atoms with E-state index >= 15 is 0 Å². The van der Waals surface area contributed by atoms with Gasteiger partial charge < -0.3 is 10.1 Å². The number of carbonyl (C=O) groups excluding carboxylic acids is 1. The van der Waals surface area contributed by atoms with Crippen LogP contribution in [0.1, 0.15) is 27.3 Å². The van der Waals surface area contributed by atoms with Crippen LogP contribution in [0.2, 0.25) is 0 Å². The number of aryl methyl sites for hydroxylation is 2. The van der Waals surface area contributed by atoms with Gasteiger partial charge in [-0.25, -0.2) is 18.2 Å². The average Bonchev–Trinajstić information content (AvgIpc) is 3.05. The zero-order chi connectivity index (χ0) is 21.9. The Labute approximate surface area is 175 Å². The van der Waals surface area contributed by atoms with Gasteiger partial charge in [0.15, 0.2) is 0 Å². The van der Waals surface area contributed by atoms with E-state index < -0.39 is 15.9 Å². The number of hydrogen-bond donors (Lipinski definition) is 2. The third kappa shape index (κ3) is 4.87. The fourth-order valence-electron chi connectivity index (χ4n) is 3.15. The van der Waals surface area contributed by atoms with Crippen LogP contribution in [0.3, 0.4) is 0 Å². The molecule has 30 heavy (non-hydrogen) atoms. The number of benzene rings is 2. The number of nitrogens with two attached hydrogens (primary N) is 1. The highest BCUT2D eigenvalue weighted by molar-refractivity contribution is 7.89. The number of carbonyl (C=O) groups is 1. The first-order valence-corrected chi connectivity index (χ1v) is 10.9. The number of nitrogens with zero attached hydrogens (tertiary/aromatic N) is 2. The Morgan fingerprint density at radius 2 is 1.83 bits per heavy atom. The predicted octanol–water partition coefficient (Wildman–Crippen LogP) is 2.12. The molecule has 0 spiro atoms. The number of aromatic nitrogens is 2. The molecule has 0 unspecified atom stereocenters. The molecule has 3 N–H and O–H groups in total. The van der Waals surface area contributed by atoms with Gasteiger partial charge in [-0.3, -0.25) is 4.79 Å². The Hall–Kier alpha value is -3.17. The van der Waals surface area contributed by atoms with Gasteiger partial charge in [0.25, 0.3) is 5.91 Å². The van der Waals surface area contributed by atoms with Crippen molar-refractivity contribution in [3.8, 4) is 11.4 Å². The fourth-order valence-corrected chi connectivity index (χ4v) is 3.69. The van der Waals surface area contributed by atoms with Crippen molar-refractivity contribution in [1.82, 2.24) is 15.1 Å². The molecule has 1 amide bonds. The van der Waals surface area contributed by atoms with Crippen molar-refractivity contribution in [2.45, 2.75) is 25.2 Å². The number of methoxy groups -OCH3 is 1. The van der Waals surface area contributed by atoms with Gasteiger partial charge in [0.2, 0.25) is 10.0 Å². The highest BCUT2D eigenvalue weighted by Crippen LogP contribution is 2.22. The molecule has 0 aliphatic heterocycles. The van der Waals surface area contributed by atoms with E-state index in [0.717, 1.165) is 22.6 Å². The van der Waals surface area contributed by atoms with Gasteiger partial charge >= 0.3 is 0 Å². The smallest absolute Gasteiger partial charge is 0.255 e. The van der Waals surface area contributed by atoms with Gasteiger partial charge in [-0.15, -0.1) is 0 Å². The van der Waals surface area contributed by atoms with Crippen LogP contribution in [0, 0.1) is 13.8 Å². The van der Waals surface area contributed by atoms with Crippen molar-refractivity contribution in [1.29, 1.82) is 0 Å². The molecule has 0 bridgehead atoms. The maximum Gasteiger partial charge on any atom is 0.255 e. The van der Waals surface area contributed by atoms with Crippen molar-refractivity contribution < 1.29 is 17.9 Å². The molecule has 0 radical (unpaired) electrons. The van der Waals surface area contributed by atoms with E-state index in [4.69, 9.17) is 9.88 Å². The second kappa shape index (κ2) is 8.68. The minimum Gasteiger partial charge on any atom is -0.496 e. The second-order valence-corrected chi connectivity index (χ2v) is 8.48. The maximum absolute atomic E-state index is 12.5. The van der Waals surface area contributed by atoms with Crippen LogP contribution >= 0.6 is 0 Å². The summed E-state index contributed by atoms with van der Waals surface area (Å²) in [6, 6.07) is 13.9. The second-order valence-electron chi connectivity index (χ2n) is 6.92. The number of ether oxygens (including phenoxy) is 1. The number of hydrogen-bond acceptors (Lipinski definition) is 5. The van der Waals surface area contributed by atoms with E-state index in [9.17, 15) is 13.2 Å². The first-order valence-electron chi connectivity index (χ1n) is 9.30. The lowest BCUT2D eigenvalue weighted by Gasteiger charge is -2.11. The van der Waals surface area contributed by atoms with Crippen molar-refractivity contribution in [3.05, 3.63) is 71.0 Å². The quantitative estimate of drug-likeness (QED) is 0.598. The highest BCUT2D eigenvalue weighted by atomic mass is 32.2. The predicted molar refractivity (Wildman–Crippen MR) is 113 cm³/mol. The number of primary sulfonamides is 1. The minimum absolute atomic E-state index is 0.115. The Kier molecular flexibility index (Phi) is 6.23. The van der Waals surface area contributed by atoms with Crippen LogP contribution < -0.4 is 15.2 Å². The molecule has 8 nitrogen and oxygen atoms in total. The molecule has 158 valence electrons. The van der Waals surface area contributed by atoms with Gasteiger partial charge in [-0.05, 0) is 62.2 Å². The van der Waals surface area contributed by atoms with Gasteiger partial charge in [0.1, 0.15) is 5.75 Å². The summed E-state index contributed by atoms with van der Waals surface area (Å²) >= 11 is 0. The SMILES string of the molecule is COc1ccc(S(N)(=O)=O)cc1C(=O)NCCc1ccc(-n2nc(C)cc2C)cc1. The van der Waals surface area contributed by atoms with Crippen LogP contribution in [0.25, 0.3) is 5.69 Å². The van der Waals surface area contributed by atoms with E-state index in [2.05, 4.69) is 10.4 Å². The maximum atomic E-state index is 12.5. The first-order chi connectivity index (χ1) is 14.2. The lowest BCUT2D eigenvalue weighted by atomic mass is 10.1. The van der Waals surface area contributed by atoms with E-state index in [1.54, 1.807) is 0 Å². The van der Waals surface area contributed by atoms with Gasteiger partial charge in [-0.1, -0.05) is 12.1 Å². The summed E-state index contributed by atoms with van der Waals surface area (Å²) < 4.78 is 30.2. The molecule has 2 aromatic carbocycles. The van der Waals surface area contributed by atoms with Crippen molar-refractivity contribution >= 4 is 15.9 Å². The molecule has 0 saturated carbocycles. The molecule has 9 heteroatoms. The molecular weight excluding hydrogens is 404 g/mol. The van der Waals surface area contributed by atoms with E-state index in [-0.39, 0.29) is 16.2 Å². The zero-order valence-corrected chi connectivity index (χ0v) is 17.9. The van der Waals surface area contributed by atoms with E-state index in [1.165, 1.54) is 25.3 Å². The fraction of sp³-hybridized carbons (Fsp3) is 0.238. The highest BCUT2D eigenvalue weighted by Gasteiger charge is 2.17. The summed E-state index contributed by atoms with van der Waals surface area (Å²) in [5, 5.41) is 12.4. The first kappa shape index (κ1) is 21.5. The van der Waals surface area contributed by atoms with Crippen molar-refractivity contribution in [2.24, 2.45) is 5.14 Å². The standard InChI is InChI=1S/C21H24N4O4S/c1-14-12-15(2)25(24-14)17-6-4-16(5-7-17)10-11-23-21(26)19-13-18(30(22,27)28)8-9-20(19)29-3/h4-9,12-13H,10-11H2,1-3H3,(H,23,26)(H2,22,27,28). The van der Waals surface area contributed by atoms with Crippen molar-refractivity contribution in [2.75, 3.05) is 13.7 Å². The van der Waals surface area contributed by atoms with Crippen LogP contribution in [0.4, 0.5) is 0 Å². The Morgan fingerprint density at radius 1 is 1.13 bits per heavy atom. The van der Waals surface area contributed by atoms with Crippen molar-refractivity contribution in [3.63, 3.8) is 0 Å². The van der Waals surface area contributed by atoms with Gasteiger partial charge in [0.05, 0.1) is 29.0 Å². The molecular formula is C21H24N4O4S. The molecule has 1 heterocycles. The van der Waals surface area contributed by atoms with E-state index in [0.29, 0.717) is 13.0 Å². The van der Waals surface area contributed by atoms with Crippen LogP contribution in [-0.4, -0.2) is 37.8 Å². The molecule has 3 aromatic rings. The van der Waals surface area contributed by atoms with Crippen LogP contribution in [-0.2, 0) is 16.4 Å². The zero-order valence-electron chi connectivity index (χ0n) is 17.0. The summed E-state index contributed by atoms with van der Waals surface area (Å²) in [5.41, 5.74) is 4.15. The number of amides is 1. The normalized spacial score (nSPS) is 11.3. The summed E-state index contributed by atoms with van der Waals surface area (Å²) in [6.07, 6.45) is 0.611. The van der Waals surface area contributed by atoms with Crippen LogP contribution in [0.15, 0.2) is 53.4 Å². The topological polar surface area (TPSA) is 116 Å². The molecule has 0 aliphatic rings. The molecule has 0 atom stereocenters. The van der Waals surface area contributed by atoms with Crippen LogP contribution in [0.5, 0.6) is 5.75 Å². The van der Waals surface area contributed by atoms with Gasteiger partial charge in [-0.2, -0.15) is 5.10 Å². The lowest BCUT2D eigenvalue weighted by Crippen LogP contribution is -2.26. The largest absolute Gasteiger partial charge is 0.496 e. The Bertz CT molecular complexity index is 1170. The molecule has 0 aliphatic carbocycles. The number of nitrogens with one attached hydrogen (secondary N) is 1. The summed E-state index contributed by atoms with van der Waals surface area (Å²) in [6.45, 7) is 4.33. The third-order valence-electron chi connectivity index (χ3n) is 4.63. The summed E-state index contributed by atoms with van der Waals surface area (Å²) in [5.74, 6) is -0.161. The lowest BCUT2D eigenvalue weighted by molar-refractivity contribution is 0.0951. The van der Waals surface area contributed by atoms with Gasteiger partial charge in [0, 0.05) is 12.2 Å². The molecule has 1 aromatic heterocycles. The molecule has 0 fully saturated rings.